The Kier molecular flexibility index (Phi) is 6.59. The standard InChI is InChI=1S/C26H30F3N5/c27-26(28,29)21-11-9-20(10-12-21)24-18-22(31-34(24)23-6-2-1-3-7-23)19-32-14-16-33(17-15-32)25-8-4-5-13-30-25/h4-5,8-13,18,23H,1-3,6-7,14-17,19H2. The number of halogens is 3. The lowest BCUT2D eigenvalue weighted by Gasteiger charge is -2.35. The average molecular weight is 470 g/mol. The second-order valence-electron chi connectivity index (χ2n) is 9.28. The molecule has 1 aliphatic heterocycles. The summed E-state index contributed by atoms with van der Waals surface area (Å²) < 4.78 is 41.3. The van der Waals surface area contributed by atoms with E-state index >= 15 is 0 Å². The summed E-state index contributed by atoms with van der Waals surface area (Å²) in [6, 6.07) is 13.9. The molecule has 34 heavy (non-hydrogen) atoms. The number of hydrogen-bond acceptors (Lipinski definition) is 4. The Balaban J connectivity index is 1.33. The van der Waals surface area contributed by atoms with E-state index in [-0.39, 0.29) is 0 Å². The van der Waals surface area contributed by atoms with Crippen LogP contribution in [0, 0.1) is 0 Å². The van der Waals surface area contributed by atoms with Gasteiger partial charge in [-0.2, -0.15) is 18.3 Å². The van der Waals surface area contributed by atoms with E-state index in [0.717, 1.165) is 68.3 Å². The van der Waals surface area contributed by atoms with Crippen molar-refractivity contribution < 1.29 is 13.2 Å². The maximum absolute atomic E-state index is 13.1. The minimum atomic E-state index is -4.33. The minimum Gasteiger partial charge on any atom is -0.354 e. The van der Waals surface area contributed by atoms with Crippen LogP contribution in [0.2, 0.25) is 0 Å². The van der Waals surface area contributed by atoms with Gasteiger partial charge in [0.05, 0.1) is 23.0 Å². The Bertz CT molecular complexity index is 1060. The third-order valence-electron chi connectivity index (χ3n) is 6.95. The Hall–Kier alpha value is -2.87. The molecule has 2 aliphatic rings. The molecule has 3 heterocycles. The van der Waals surface area contributed by atoms with Crippen molar-refractivity contribution in [3.05, 3.63) is 66.0 Å². The van der Waals surface area contributed by atoms with Gasteiger partial charge >= 0.3 is 6.18 Å². The fourth-order valence-corrected chi connectivity index (χ4v) is 5.08. The topological polar surface area (TPSA) is 37.2 Å². The molecule has 1 aliphatic carbocycles. The van der Waals surface area contributed by atoms with E-state index in [1.165, 1.54) is 31.4 Å². The number of anilines is 1. The van der Waals surface area contributed by atoms with Gasteiger partial charge in [0.25, 0.3) is 0 Å². The molecule has 5 rings (SSSR count). The van der Waals surface area contributed by atoms with Crippen molar-refractivity contribution in [2.24, 2.45) is 0 Å². The molecule has 180 valence electrons. The van der Waals surface area contributed by atoms with E-state index < -0.39 is 11.7 Å². The lowest BCUT2D eigenvalue weighted by molar-refractivity contribution is -0.137. The number of alkyl halides is 3. The summed E-state index contributed by atoms with van der Waals surface area (Å²) in [7, 11) is 0. The van der Waals surface area contributed by atoms with Gasteiger partial charge in [0.15, 0.2) is 0 Å². The molecule has 1 aromatic carbocycles. The van der Waals surface area contributed by atoms with Gasteiger partial charge in [-0.15, -0.1) is 0 Å². The number of rotatable bonds is 5. The molecule has 1 saturated heterocycles. The molecule has 1 saturated carbocycles. The molecule has 5 nitrogen and oxygen atoms in total. The highest BCUT2D eigenvalue weighted by Gasteiger charge is 2.30. The van der Waals surface area contributed by atoms with Crippen LogP contribution in [-0.2, 0) is 12.7 Å². The molecule has 2 aromatic heterocycles. The highest BCUT2D eigenvalue weighted by atomic mass is 19.4. The Morgan fingerprint density at radius 3 is 2.26 bits per heavy atom. The normalized spacial score (nSPS) is 18.4. The van der Waals surface area contributed by atoms with E-state index in [4.69, 9.17) is 5.10 Å². The first kappa shape index (κ1) is 22.9. The molecule has 0 spiro atoms. The van der Waals surface area contributed by atoms with Gasteiger partial charge in [0, 0.05) is 38.9 Å². The van der Waals surface area contributed by atoms with E-state index in [1.54, 1.807) is 12.1 Å². The van der Waals surface area contributed by atoms with Gasteiger partial charge in [0.2, 0.25) is 0 Å². The van der Waals surface area contributed by atoms with Gasteiger partial charge in [-0.05, 0) is 48.7 Å². The van der Waals surface area contributed by atoms with Crippen LogP contribution >= 0.6 is 0 Å². The number of pyridine rings is 1. The molecule has 0 amide bonds. The van der Waals surface area contributed by atoms with Crippen molar-refractivity contribution in [3.63, 3.8) is 0 Å². The SMILES string of the molecule is FC(F)(F)c1ccc(-c2cc(CN3CCN(c4ccccn4)CC3)nn2C2CCCCC2)cc1. The van der Waals surface area contributed by atoms with Crippen molar-refractivity contribution in [2.75, 3.05) is 31.1 Å². The summed E-state index contributed by atoms with van der Waals surface area (Å²) in [4.78, 5) is 9.14. The summed E-state index contributed by atoms with van der Waals surface area (Å²) in [6.07, 6.45) is 3.20. The fourth-order valence-electron chi connectivity index (χ4n) is 5.08. The third-order valence-corrected chi connectivity index (χ3v) is 6.95. The van der Waals surface area contributed by atoms with Crippen LogP contribution in [0.25, 0.3) is 11.3 Å². The van der Waals surface area contributed by atoms with Crippen LogP contribution in [0.15, 0.2) is 54.7 Å². The quantitative estimate of drug-likeness (QED) is 0.474. The number of aromatic nitrogens is 3. The van der Waals surface area contributed by atoms with Crippen molar-refractivity contribution in [1.29, 1.82) is 0 Å². The molecule has 0 radical (unpaired) electrons. The van der Waals surface area contributed by atoms with E-state index in [0.29, 0.717) is 6.04 Å². The fraction of sp³-hybridized carbons (Fsp3) is 0.462. The number of benzene rings is 1. The second-order valence-corrected chi connectivity index (χ2v) is 9.28. The summed E-state index contributed by atoms with van der Waals surface area (Å²) >= 11 is 0. The highest BCUT2D eigenvalue weighted by molar-refractivity contribution is 5.61. The summed E-state index contributed by atoms with van der Waals surface area (Å²) in [5.74, 6) is 1.01. The van der Waals surface area contributed by atoms with Crippen molar-refractivity contribution in [1.82, 2.24) is 19.7 Å². The van der Waals surface area contributed by atoms with Crippen molar-refractivity contribution in [3.8, 4) is 11.3 Å². The van der Waals surface area contributed by atoms with Crippen LogP contribution in [0.3, 0.4) is 0 Å². The zero-order chi connectivity index (χ0) is 23.5. The summed E-state index contributed by atoms with van der Waals surface area (Å²) in [6.45, 7) is 4.40. The molecule has 0 atom stereocenters. The number of nitrogens with zero attached hydrogens (tertiary/aromatic N) is 5. The zero-order valence-corrected chi connectivity index (χ0v) is 19.2. The van der Waals surface area contributed by atoms with Crippen LogP contribution in [0.4, 0.5) is 19.0 Å². The summed E-state index contributed by atoms with van der Waals surface area (Å²) in [5.41, 5.74) is 2.07. The lowest BCUT2D eigenvalue weighted by atomic mass is 9.95. The molecule has 0 unspecified atom stereocenters. The van der Waals surface area contributed by atoms with E-state index in [2.05, 4.69) is 25.5 Å². The van der Waals surface area contributed by atoms with E-state index in [1.807, 2.05) is 24.4 Å². The number of hydrogen-bond donors (Lipinski definition) is 0. The van der Waals surface area contributed by atoms with Gasteiger partial charge in [-0.1, -0.05) is 37.5 Å². The molecule has 3 aromatic rings. The first-order valence-electron chi connectivity index (χ1n) is 12.1. The smallest absolute Gasteiger partial charge is 0.354 e. The van der Waals surface area contributed by atoms with Gasteiger partial charge < -0.3 is 4.90 Å². The predicted molar refractivity (Wildman–Crippen MR) is 127 cm³/mol. The van der Waals surface area contributed by atoms with Gasteiger partial charge in [0.1, 0.15) is 5.82 Å². The monoisotopic (exact) mass is 469 g/mol. The molecule has 2 fully saturated rings. The maximum atomic E-state index is 13.1. The van der Waals surface area contributed by atoms with E-state index in [9.17, 15) is 13.2 Å². The predicted octanol–water partition coefficient (Wildman–Crippen LogP) is 5.79. The second kappa shape index (κ2) is 9.78. The molecular weight excluding hydrogens is 439 g/mol. The van der Waals surface area contributed by atoms with Gasteiger partial charge in [-0.25, -0.2) is 4.98 Å². The average Bonchev–Trinajstić information content (AvgIpc) is 3.29. The molecule has 8 heteroatoms. The zero-order valence-electron chi connectivity index (χ0n) is 19.2. The highest BCUT2D eigenvalue weighted by Crippen LogP contribution is 2.35. The van der Waals surface area contributed by atoms with Crippen LogP contribution in [0.1, 0.15) is 49.4 Å². The number of piperazine rings is 1. The minimum absolute atomic E-state index is 0.306. The Labute approximate surface area is 198 Å². The lowest BCUT2D eigenvalue weighted by Crippen LogP contribution is -2.46. The van der Waals surface area contributed by atoms with Crippen LogP contribution in [-0.4, -0.2) is 45.8 Å². The molecule has 0 bridgehead atoms. The van der Waals surface area contributed by atoms with Crippen molar-refractivity contribution >= 4 is 5.82 Å². The van der Waals surface area contributed by atoms with Gasteiger partial charge in [-0.3, -0.25) is 9.58 Å². The molecule has 0 N–H and O–H groups in total. The summed E-state index contributed by atoms with van der Waals surface area (Å²) in [5, 5.41) is 4.98. The van der Waals surface area contributed by atoms with Crippen molar-refractivity contribution in [2.45, 2.75) is 50.9 Å². The molecular formula is C26H30F3N5. The van der Waals surface area contributed by atoms with Crippen LogP contribution in [0.5, 0.6) is 0 Å². The maximum Gasteiger partial charge on any atom is 0.416 e. The third kappa shape index (κ3) is 5.12. The van der Waals surface area contributed by atoms with Crippen LogP contribution < -0.4 is 4.90 Å². The Morgan fingerprint density at radius 1 is 0.882 bits per heavy atom. The largest absolute Gasteiger partial charge is 0.416 e. The first-order chi connectivity index (χ1) is 16.5. The Morgan fingerprint density at radius 2 is 1.62 bits per heavy atom. The first-order valence-corrected chi connectivity index (χ1v) is 12.1.